The molecule has 2 atom stereocenters. The summed E-state index contributed by atoms with van der Waals surface area (Å²) in [6.07, 6.45) is 19.2. The van der Waals surface area contributed by atoms with Gasteiger partial charge in [-0.1, -0.05) is 0 Å². The van der Waals surface area contributed by atoms with Crippen LogP contribution in [0.25, 0.3) is 21.5 Å². The van der Waals surface area contributed by atoms with Crippen molar-refractivity contribution in [2.75, 3.05) is 35.4 Å². The van der Waals surface area contributed by atoms with E-state index in [1.165, 1.54) is 36.0 Å². The molecule has 11 heteroatoms. The summed E-state index contributed by atoms with van der Waals surface area (Å²) in [5, 5.41) is 16.8. The largest absolute Gasteiger partial charge is 0.373 e. The number of amides is 2. The average Bonchev–Trinajstić information content (AvgIpc) is 4.00. The topological polar surface area (TPSA) is 147 Å². The van der Waals surface area contributed by atoms with Crippen LogP contribution in [0.1, 0.15) is 86.1 Å². The maximum absolute atomic E-state index is 13.6. The molecule has 11 nitrogen and oxygen atoms in total. The Morgan fingerprint density at radius 2 is 1.27 bits per heavy atom. The summed E-state index contributed by atoms with van der Waals surface area (Å²) in [4.78, 5) is 49.5. The van der Waals surface area contributed by atoms with Crippen molar-refractivity contribution >= 4 is 56.6 Å². The summed E-state index contributed by atoms with van der Waals surface area (Å²) in [6.45, 7) is 0. The zero-order valence-corrected chi connectivity index (χ0v) is 29.4. The Kier molecular flexibility index (Phi) is 6.12. The lowest BCUT2D eigenvalue weighted by Gasteiger charge is -2.71. The highest BCUT2D eigenvalue weighted by atomic mass is 16.2. The number of hydrogen-bond donors (Lipinski definition) is 4. The molecule has 262 valence electrons. The minimum Gasteiger partial charge on any atom is -0.373 e. The molecule has 4 bridgehead atoms. The fraction of sp³-hybridized carbons (Fsp3) is 0.439. The number of anilines is 4. The summed E-state index contributed by atoms with van der Waals surface area (Å²) in [5.41, 5.74) is 5.27. The minimum absolute atomic E-state index is 0.00931. The van der Waals surface area contributed by atoms with E-state index in [1.54, 1.807) is 0 Å². The van der Waals surface area contributed by atoms with Crippen molar-refractivity contribution in [3.8, 4) is 0 Å². The summed E-state index contributed by atoms with van der Waals surface area (Å²) in [5.74, 6) is 3.85. The van der Waals surface area contributed by atoms with Crippen molar-refractivity contribution in [2.24, 2.45) is 17.8 Å². The van der Waals surface area contributed by atoms with Crippen molar-refractivity contribution in [3.05, 3.63) is 77.6 Å². The van der Waals surface area contributed by atoms with E-state index in [1.807, 2.05) is 57.2 Å². The van der Waals surface area contributed by atoms with E-state index in [4.69, 9.17) is 15.0 Å². The van der Waals surface area contributed by atoms with Crippen LogP contribution in [-0.4, -0.2) is 50.8 Å². The van der Waals surface area contributed by atoms with E-state index < -0.39 is 0 Å². The van der Waals surface area contributed by atoms with Crippen LogP contribution in [0.2, 0.25) is 0 Å². The Hall–Kier alpha value is -5.19. The number of fused-ring (bicyclic) bond motifs is 2. The Labute approximate surface area is 301 Å². The normalized spacial score (nSPS) is 30.3. The van der Waals surface area contributed by atoms with Crippen LogP contribution in [0.15, 0.2) is 55.2 Å². The van der Waals surface area contributed by atoms with Gasteiger partial charge in [-0.25, -0.2) is 19.9 Å². The molecule has 5 aromatic rings. The maximum atomic E-state index is 13.6. The van der Waals surface area contributed by atoms with Crippen molar-refractivity contribution in [1.29, 1.82) is 0 Å². The molecule has 8 aliphatic carbocycles. The average molecular weight is 692 g/mol. The molecule has 2 unspecified atom stereocenters. The van der Waals surface area contributed by atoms with E-state index in [-0.39, 0.29) is 45.8 Å². The monoisotopic (exact) mass is 691 g/mol. The number of hydrogen-bond acceptors (Lipinski definition) is 9. The summed E-state index contributed by atoms with van der Waals surface area (Å²) < 4.78 is 0. The summed E-state index contributed by atoms with van der Waals surface area (Å²) in [7, 11) is 3.76. The first kappa shape index (κ1) is 30.4. The number of rotatable bonds is 10. The smallest absolute Gasteiger partial charge is 0.229 e. The third-order valence-electron chi connectivity index (χ3n) is 13.6. The second-order valence-corrected chi connectivity index (χ2v) is 16.8. The molecule has 8 saturated carbocycles. The van der Waals surface area contributed by atoms with Crippen LogP contribution in [0.4, 0.5) is 23.3 Å². The Bertz CT molecular complexity index is 2350. The molecule has 5 heterocycles. The van der Waals surface area contributed by atoms with Crippen molar-refractivity contribution in [3.63, 3.8) is 0 Å². The van der Waals surface area contributed by atoms with Crippen LogP contribution in [-0.2, 0) is 25.8 Å². The van der Waals surface area contributed by atoms with E-state index in [0.29, 0.717) is 11.6 Å². The first-order valence-corrected chi connectivity index (χ1v) is 18.8. The zero-order valence-electron chi connectivity index (χ0n) is 29.4. The molecule has 5 aromatic heterocycles. The standard InChI is InChI=1S/C41H41N9O2/c1-42-35-28-14-46-34(9-24(28)30(16-47-35)39-11-21(12-39)13-39)50-38(52)27-8-26(27)32-7-23(5-6-44-32)40-18-41(19-40,20-40)31-17-48-36(43-2)29-15-45-33(10-25(29)31)49-37(51)22-3-4-22/h5-7,9-10,14-17,21-22,26-27H,3-4,8,11-13,18-20H2,1-2H3,(H,42,47)(H,43,48)(H,45,49,51)(H,46,50,52). The molecular weight excluding hydrogens is 651 g/mol. The quantitative estimate of drug-likeness (QED) is 0.128. The molecule has 52 heavy (non-hydrogen) atoms. The molecule has 0 spiro atoms. The molecule has 2 amide bonds. The van der Waals surface area contributed by atoms with E-state index >= 15 is 0 Å². The van der Waals surface area contributed by atoms with Gasteiger partial charge in [0, 0.05) is 79.3 Å². The molecule has 0 radical (unpaired) electrons. The molecule has 4 N–H and O–H groups in total. The number of nitrogens with zero attached hydrogens (tertiary/aromatic N) is 5. The SMILES string of the molecule is CNc1ncc(C23CC(C2)C3)c2cc(NC(=O)C3CC3c3cc(C45CC(c6cnc(NC)c7cnc(NC(=O)C8CC8)cc67)(C4)C5)ccn3)ncc12. The molecule has 13 rings (SSSR count). The molecule has 0 aliphatic heterocycles. The fourth-order valence-electron chi connectivity index (χ4n) is 10.4. The number of aromatic nitrogens is 5. The number of pyridine rings is 5. The van der Waals surface area contributed by atoms with Gasteiger partial charge in [0.25, 0.3) is 0 Å². The van der Waals surface area contributed by atoms with Gasteiger partial charge in [0.2, 0.25) is 11.8 Å². The Morgan fingerprint density at radius 3 is 1.83 bits per heavy atom. The lowest BCUT2D eigenvalue weighted by Crippen LogP contribution is -2.67. The van der Waals surface area contributed by atoms with Crippen LogP contribution >= 0.6 is 0 Å². The van der Waals surface area contributed by atoms with Gasteiger partial charge in [0.1, 0.15) is 23.3 Å². The third-order valence-corrected chi connectivity index (χ3v) is 13.6. The molecule has 8 aliphatic rings. The van der Waals surface area contributed by atoms with Crippen molar-refractivity contribution in [2.45, 2.75) is 80.0 Å². The van der Waals surface area contributed by atoms with Gasteiger partial charge in [-0.2, -0.15) is 0 Å². The minimum atomic E-state index is -0.117. The molecule has 0 saturated heterocycles. The second kappa shape index (κ2) is 10.5. The van der Waals surface area contributed by atoms with Gasteiger partial charge in [-0.05, 0) is 132 Å². The second-order valence-electron chi connectivity index (χ2n) is 16.8. The van der Waals surface area contributed by atoms with Crippen LogP contribution in [0.5, 0.6) is 0 Å². The number of nitrogens with one attached hydrogen (secondary N) is 4. The molecule has 0 aromatic carbocycles. The lowest BCUT2D eigenvalue weighted by atomic mass is 9.32. The predicted molar refractivity (Wildman–Crippen MR) is 199 cm³/mol. The van der Waals surface area contributed by atoms with Crippen LogP contribution in [0, 0.1) is 17.8 Å². The van der Waals surface area contributed by atoms with Gasteiger partial charge >= 0.3 is 0 Å². The number of carbonyl (C=O) groups excluding carboxylic acids is 2. The number of carbonyl (C=O) groups is 2. The van der Waals surface area contributed by atoms with Crippen LogP contribution < -0.4 is 21.3 Å². The van der Waals surface area contributed by atoms with E-state index in [9.17, 15) is 9.59 Å². The molecule has 8 fully saturated rings. The predicted octanol–water partition coefficient (Wildman–Crippen LogP) is 6.57. The lowest BCUT2D eigenvalue weighted by molar-refractivity contribution is -0.118. The first-order chi connectivity index (χ1) is 25.3. The van der Waals surface area contributed by atoms with Gasteiger partial charge in [0.15, 0.2) is 0 Å². The summed E-state index contributed by atoms with van der Waals surface area (Å²) in [6, 6.07) is 8.50. The fourth-order valence-corrected chi connectivity index (χ4v) is 10.4. The molecular formula is C41H41N9O2. The van der Waals surface area contributed by atoms with Crippen LogP contribution in [0.3, 0.4) is 0 Å². The van der Waals surface area contributed by atoms with Crippen molar-refractivity contribution < 1.29 is 9.59 Å². The zero-order chi connectivity index (χ0) is 35.0. The van der Waals surface area contributed by atoms with Gasteiger partial charge in [-0.15, -0.1) is 0 Å². The first-order valence-electron chi connectivity index (χ1n) is 18.8. The van der Waals surface area contributed by atoms with E-state index in [2.05, 4.69) is 43.4 Å². The maximum Gasteiger partial charge on any atom is 0.229 e. The highest BCUT2D eigenvalue weighted by Gasteiger charge is 2.69. The highest BCUT2D eigenvalue weighted by Crippen LogP contribution is 2.74. The third kappa shape index (κ3) is 4.34. The van der Waals surface area contributed by atoms with Crippen molar-refractivity contribution in [1.82, 2.24) is 24.9 Å². The highest BCUT2D eigenvalue weighted by molar-refractivity contribution is 6.00. The van der Waals surface area contributed by atoms with Gasteiger partial charge in [0.05, 0.1) is 0 Å². The summed E-state index contributed by atoms with van der Waals surface area (Å²) >= 11 is 0. The Morgan fingerprint density at radius 1 is 0.673 bits per heavy atom. The van der Waals surface area contributed by atoms with Gasteiger partial charge < -0.3 is 21.3 Å². The van der Waals surface area contributed by atoms with Gasteiger partial charge in [-0.3, -0.25) is 14.6 Å². The Balaban J connectivity index is 0.801. The van der Waals surface area contributed by atoms with E-state index in [0.717, 1.165) is 83.3 Å².